The van der Waals surface area contributed by atoms with E-state index >= 15 is 0 Å². The summed E-state index contributed by atoms with van der Waals surface area (Å²) in [5, 5.41) is 6.28. The highest BCUT2D eigenvalue weighted by Crippen LogP contribution is 2.08. The Morgan fingerprint density at radius 3 is 2.36 bits per heavy atom. The van der Waals surface area contributed by atoms with E-state index in [4.69, 9.17) is 0 Å². The van der Waals surface area contributed by atoms with Crippen molar-refractivity contribution in [2.75, 3.05) is 5.32 Å². The number of hydrazone groups is 1. The lowest BCUT2D eigenvalue weighted by Crippen LogP contribution is -2.32. The van der Waals surface area contributed by atoms with Crippen LogP contribution in [0.2, 0.25) is 0 Å². The molecule has 0 aliphatic carbocycles. The van der Waals surface area contributed by atoms with Crippen molar-refractivity contribution < 1.29 is 9.59 Å². The maximum absolute atomic E-state index is 11.7. The van der Waals surface area contributed by atoms with Crippen LogP contribution in [0.4, 0.5) is 5.69 Å². The van der Waals surface area contributed by atoms with E-state index in [1.807, 2.05) is 50.2 Å². The van der Waals surface area contributed by atoms with Crippen molar-refractivity contribution in [3.8, 4) is 0 Å². The minimum atomic E-state index is -0.815. The van der Waals surface area contributed by atoms with Gasteiger partial charge in [-0.05, 0) is 31.5 Å². The van der Waals surface area contributed by atoms with Crippen molar-refractivity contribution in [3.63, 3.8) is 0 Å². The number of hydrogen-bond acceptors (Lipinski definition) is 3. The van der Waals surface area contributed by atoms with E-state index in [9.17, 15) is 9.59 Å². The smallest absolute Gasteiger partial charge is 0.318 e. The second-order valence-electron chi connectivity index (χ2n) is 4.93. The minimum absolute atomic E-state index is 0.563. The molecule has 5 nitrogen and oxygen atoms in total. The molecule has 2 aromatic carbocycles. The lowest BCUT2D eigenvalue weighted by molar-refractivity contribution is -0.136. The van der Waals surface area contributed by atoms with Gasteiger partial charge in [-0.3, -0.25) is 9.59 Å². The number of carbonyl (C=O) groups is 2. The van der Waals surface area contributed by atoms with Crippen LogP contribution in [0, 0.1) is 13.8 Å². The van der Waals surface area contributed by atoms with Crippen LogP contribution in [0.15, 0.2) is 53.6 Å². The summed E-state index contributed by atoms with van der Waals surface area (Å²) in [6, 6.07) is 14.8. The van der Waals surface area contributed by atoms with Crippen molar-refractivity contribution in [2.45, 2.75) is 13.8 Å². The first-order chi connectivity index (χ1) is 10.5. The lowest BCUT2D eigenvalue weighted by atomic mass is 10.2. The molecule has 0 spiro atoms. The molecule has 0 unspecified atom stereocenters. The zero-order valence-corrected chi connectivity index (χ0v) is 12.5. The Hall–Kier alpha value is -2.95. The summed E-state index contributed by atoms with van der Waals surface area (Å²) in [6.45, 7) is 3.91. The summed E-state index contributed by atoms with van der Waals surface area (Å²) in [6.07, 6.45) is 1.49. The number of hydrogen-bond donors (Lipinski definition) is 2. The monoisotopic (exact) mass is 295 g/mol. The van der Waals surface area contributed by atoms with E-state index in [1.165, 1.54) is 6.21 Å². The van der Waals surface area contributed by atoms with E-state index in [0.29, 0.717) is 5.69 Å². The molecule has 112 valence electrons. The van der Waals surface area contributed by atoms with Crippen LogP contribution in [-0.4, -0.2) is 18.0 Å². The first kappa shape index (κ1) is 15.4. The van der Waals surface area contributed by atoms with Gasteiger partial charge in [0.25, 0.3) is 0 Å². The Morgan fingerprint density at radius 2 is 1.68 bits per heavy atom. The molecule has 0 aliphatic heterocycles. The average molecular weight is 295 g/mol. The lowest BCUT2D eigenvalue weighted by Gasteiger charge is -2.04. The number of nitrogens with one attached hydrogen (secondary N) is 2. The number of aryl methyl sites for hydroxylation is 2. The normalized spacial score (nSPS) is 10.5. The molecule has 0 saturated heterocycles. The second kappa shape index (κ2) is 7.17. The van der Waals surface area contributed by atoms with Gasteiger partial charge in [0.1, 0.15) is 0 Å². The van der Waals surface area contributed by atoms with Gasteiger partial charge < -0.3 is 5.32 Å². The summed E-state index contributed by atoms with van der Waals surface area (Å²) in [5.41, 5.74) is 5.77. The highest BCUT2D eigenvalue weighted by Gasteiger charge is 2.12. The molecule has 2 aromatic rings. The quantitative estimate of drug-likeness (QED) is 0.518. The third kappa shape index (κ3) is 4.56. The highest BCUT2D eigenvalue weighted by atomic mass is 16.2. The summed E-state index contributed by atoms with van der Waals surface area (Å²) in [7, 11) is 0. The number of nitrogens with zero attached hydrogens (tertiary/aromatic N) is 1. The van der Waals surface area contributed by atoms with Gasteiger partial charge in [0.15, 0.2) is 0 Å². The Labute approximate surface area is 129 Å². The maximum atomic E-state index is 11.7. The van der Waals surface area contributed by atoms with Crippen molar-refractivity contribution >= 4 is 23.7 Å². The Bertz CT molecular complexity index is 706. The molecule has 0 bridgehead atoms. The van der Waals surface area contributed by atoms with Crippen LogP contribution in [-0.2, 0) is 9.59 Å². The predicted octanol–water partition coefficient (Wildman–Crippen LogP) is 2.39. The van der Waals surface area contributed by atoms with Crippen LogP contribution in [0.3, 0.4) is 0 Å². The largest absolute Gasteiger partial charge is 0.329 e. The van der Waals surface area contributed by atoms with Gasteiger partial charge in [-0.1, -0.05) is 47.5 Å². The molecule has 22 heavy (non-hydrogen) atoms. The number of anilines is 1. The molecular weight excluding hydrogens is 278 g/mol. The Morgan fingerprint density at radius 1 is 0.955 bits per heavy atom. The maximum Gasteiger partial charge on any atom is 0.329 e. The first-order valence-corrected chi connectivity index (χ1v) is 6.82. The fourth-order valence-electron chi connectivity index (χ4n) is 1.79. The first-order valence-electron chi connectivity index (χ1n) is 6.82. The fourth-order valence-corrected chi connectivity index (χ4v) is 1.79. The van der Waals surface area contributed by atoms with Crippen molar-refractivity contribution in [1.82, 2.24) is 5.43 Å². The van der Waals surface area contributed by atoms with Crippen LogP contribution in [0.25, 0.3) is 0 Å². The van der Waals surface area contributed by atoms with Crippen molar-refractivity contribution in [2.24, 2.45) is 5.10 Å². The third-order valence-corrected chi connectivity index (χ3v) is 2.94. The van der Waals surface area contributed by atoms with Crippen LogP contribution < -0.4 is 10.7 Å². The van der Waals surface area contributed by atoms with Gasteiger partial charge in [0, 0.05) is 5.69 Å². The SMILES string of the molecule is Cc1ccc(NC(=O)C(=O)NN=Cc2cccc(C)c2)cc1. The van der Waals surface area contributed by atoms with Gasteiger partial charge in [-0.2, -0.15) is 5.10 Å². The number of carbonyl (C=O) groups excluding carboxylic acids is 2. The molecule has 5 heteroatoms. The molecule has 0 atom stereocenters. The zero-order valence-electron chi connectivity index (χ0n) is 12.5. The topological polar surface area (TPSA) is 70.6 Å². The van der Waals surface area contributed by atoms with Crippen LogP contribution >= 0.6 is 0 Å². The van der Waals surface area contributed by atoms with E-state index in [0.717, 1.165) is 16.7 Å². The predicted molar refractivity (Wildman–Crippen MR) is 86.7 cm³/mol. The molecule has 2 N–H and O–H groups in total. The van der Waals surface area contributed by atoms with E-state index in [1.54, 1.807) is 12.1 Å². The number of benzene rings is 2. The van der Waals surface area contributed by atoms with Gasteiger partial charge in [0.2, 0.25) is 0 Å². The van der Waals surface area contributed by atoms with Crippen molar-refractivity contribution in [1.29, 1.82) is 0 Å². The van der Waals surface area contributed by atoms with Gasteiger partial charge in [-0.25, -0.2) is 5.43 Å². The van der Waals surface area contributed by atoms with Gasteiger partial charge in [0.05, 0.1) is 6.21 Å². The van der Waals surface area contributed by atoms with Gasteiger partial charge in [-0.15, -0.1) is 0 Å². The zero-order chi connectivity index (χ0) is 15.9. The van der Waals surface area contributed by atoms with E-state index in [-0.39, 0.29) is 0 Å². The Kier molecular flexibility index (Phi) is 5.03. The van der Waals surface area contributed by atoms with Gasteiger partial charge >= 0.3 is 11.8 Å². The fraction of sp³-hybridized carbons (Fsp3) is 0.118. The van der Waals surface area contributed by atoms with E-state index < -0.39 is 11.8 Å². The molecule has 0 aromatic heterocycles. The molecule has 0 saturated carbocycles. The second-order valence-corrected chi connectivity index (χ2v) is 4.93. The number of amides is 2. The standard InChI is InChI=1S/C17H17N3O2/c1-12-6-8-15(9-7-12)19-16(21)17(22)20-18-11-14-5-3-4-13(2)10-14/h3-11H,1-2H3,(H,19,21)(H,20,22). The number of rotatable bonds is 3. The minimum Gasteiger partial charge on any atom is -0.318 e. The summed E-state index contributed by atoms with van der Waals surface area (Å²) in [4.78, 5) is 23.3. The molecule has 2 amide bonds. The summed E-state index contributed by atoms with van der Waals surface area (Å²) >= 11 is 0. The van der Waals surface area contributed by atoms with Crippen LogP contribution in [0.5, 0.6) is 0 Å². The van der Waals surface area contributed by atoms with E-state index in [2.05, 4.69) is 15.8 Å². The summed E-state index contributed by atoms with van der Waals surface area (Å²) in [5.74, 6) is -1.57. The summed E-state index contributed by atoms with van der Waals surface area (Å²) < 4.78 is 0. The highest BCUT2D eigenvalue weighted by molar-refractivity contribution is 6.39. The van der Waals surface area contributed by atoms with Crippen molar-refractivity contribution in [3.05, 3.63) is 65.2 Å². The molecule has 0 radical (unpaired) electrons. The Balaban J connectivity index is 1.89. The third-order valence-electron chi connectivity index (χ3n) is 2.94. The van der Waals surface area contributed by atoms with Crippen LogP contribution in [0.1, 0.15) is 16.7 Å². The molecule has 0 fully saturated rings. The average Bonchev–Trinajstić information content (AvgIpc) is 2.49. The molecule has 0 heterocycles. The molecular formula is C17H17N3O2. The molecule has 0 aliphatic rings. The molecule has 2 rings (SSSR count).